The Morgan fingerprint density at radius 3 is 3.09 bits per heavy atom. The predicted molar refractivity (Wildman–Crippen MR) is 86.6 cm³/mol. The number of halogens is 1. The third-order valence-corrected chi connectivity index (χ3v) is 4.19. The number of benzene rings is 1. The second-order valence-electron chi connectivity index (χ2n) is 5.48. The van der Waals surface area contributed by atoms with Crippen molar-refractivity contribution in [1.29, 1.82) is 0 Å². The summed E-state index contributed by atoms with van der Waals surface area (Å²) in [5, 5.41) is 8.20. The number of carbonyl (C=O) groups is 1. The molecule has 0 aliphatic carbocycles. The minimum absolute atomic E-state index is 0.00136. The van der Waals surface area contributed by atoms with Gasteiger partial charge in [-0.2, -0.15) is 5.10 Å². The molecule has 0 saturated carbocycles. The molecule has 0 bridgehead atoms. The van der Waals surface area contributed by atoms with Crippen LogP contribution in [0, 0.1) is 0 Å². The van der Waals surface area contributed by atoms with Gasteiger partial charge < -0.3 is 10.2 Å². The fraction of sp³-hybridized carbons (Fsp3) is 0.375. The third-order valence-electron chi connectivity index (χ3n) is 3.96. The highest BCUT2D eigenvalue weighted by Crippen LogP contribution is 2.20. The molecule has 1 aromatic heterocycles. The Balaban J connectivity index is 1.80. The Morgan fingerprint density at radius 2 is 2.32 bits per heavy atom. The fourth-order valence-electron chi connectivity index (χ4n) is 2.90. The van der Waals surface area contributed by atoms with Crippen molar-refractivity contribution in [3.05, 3.63) is 47.2 Å². The van der Waals surface area contributed by atoms with E-state index < -0.39 is 0 Å². The number of hydrogen-bond acceptors (Lipinski definition) is 3. The zero-order valence-corrected chi connectivity index (χ0v) is 13.3. The van der Waals surface area contributed by atoms with Gasteiger partial charge in [-0.1, -0.05) is 17.7 Å². The molecule has 3 rings (SSSR count). The second-order valence-corrected chi connectivity index (χ2v) is 5.91. The average Bonchev–Trinajstić information content (AvgIpc) is 3.16. The highest BCUT2D eigenvalue weighted by atomic mass is 35.5. The Bertz CT molecular complexity index is 670. The Morgan fingerprint density at radius 1 is 1.45 bits per heavy atom. The van der Waals surface area contributed by atoms with E-state index in [1.165, 1.54) is 0 Å². The topological polar surface area (TPSA) is 50.2 Å². The number of amides is 1. The van der Waals surface area contributed by atoms with Crippen LogP contribution in [0.3, 0.4) is 0 Å². The Labute approximate surface area is 134 Å². The summed E-state index contributed by atoms with van der Waals surface area (Å²) in [4.78, 5) is 14.6. The van der Waals surface area contributed by atoms with E-state index in [1.54, 1.807) is 16.9 Å². The van der Waals surface area contributed by atoms with Crippen LogP contribution in [-0.2, 0) is 0 Å². The van der Waals surface area contributed by atoms with E-state index in [0.717, 1.165) is 31.6 Å². The molecular weight excluding hydrogens is 300 g/mol. The molecule has 1 fully saturated rings. The molecule has 1 unspecified atom stereocenters. The van der Waals surface area contributed by atoms with Crippen molar-refractivity contribution in [3.8, 4) is 5.69 Å². The van der Waals surface area contributed by atoms with Gasteiger partial charge in [0.25, 0.3) is 5.91 Å². The highest BCUT2D eigenvalue weighted by Gasteiger charge is 2.29. The molecular formula is C16H19ClN4O. The van der Waals surface area contributed by atoms with Crippen molar-refractivity contribution in [2.45, 2.75) is 18.9 Å². The van der Waals surface area contributed by atoms with E-state index >= 15 is 0 Å². The Hall–Kier alpha value is -1.85. The van der Waals surface area contributed by atoms with Crippen LogP contribution in [0.2, 0.25) is 5.02 Å². The summed E-state index contributed by atoms with van der Waals surface area (Å²) in [6.45, 7) is 1.62. The first kappa shape index (κ1) is 15.1. The molecule has 6 heteroatoms. The first-order valence-electron chi connectivity index (χ1n) is 7.46. The maximum absolute atomic E-state index is 12.6. The van der Waals surface area contributed by atoms with Gasteiger partial charge in [0.15, 0.2) is 5.69 Å². The molecule has 1 aliphatic rings. The fourth-order valence-corrected chi connectivity index (χ4v) is 3.08. The summed E-state index contributed by atoms with van der Waals surface area (Å²) in [6, 6.07) is 9.43. The van der Waals surface area contributed by atoms with Gasteiger partial charge in [-0.25, -0.2) is 4.68 Å². The number of hydrogen-bond donors (Lipinski definition) is 1. The molecule has 0 spiro atoms. The molecule has 1 atom stereocenters. The van der Waals surface area contributed by atoms with Gasteiger partial charge in [0.1, 0.15) is 0 Å². The first-order chi connectivity index (χ1) is 10.7. The normalized spacial score (nSPS) is 17.9. The van der Waals surface area contributed by atoms with Gasteiger partial charge in [-0.05, 0) is 44.2 Å². The van der Waals surface area contributed by atoms with Crippen molar-refractivity contribution < 1.29 is 4.79 Å². The summed E-state index contributed by atoms with van der Waals surface area (Å²) in [6.07, 6.45) is 3.89. The number of rotatable bonds is 4. The van der Waals surface area contributed by atoms with Gasteiger partial charge >= 0.3 is 0 Å². The molecule has 0 radical (unpaired) electrons. The minimum Gasteiger partial charge on any atom is -0.333 e. The lowest BCUT2D eigenvalue weighted by molar-refractivity contribution is 0.0730. The average molecular weight is 319 g/mol. The van der Waals surface area contributed by atoms with Crippen LogP contribution in [0.4, 0.5) is 0 Å². The van der Waals surface area contributed by atoms with Gasteiger partial charge in [0, 0.05) is 30.4 Å². The second kappa shape index (κ2) is 6.50. The van der Waals surface area contributed by atoms with Crippen LogP contribution in [0.25, 0.3) is 5.69 Å². The summed E-state index contributed by atoms with van der Waals surface area (Å²) in [7, 11) is 1.91. The van der Waals surface area contributed by atoms with E-state index in [1.807, 2.05) is 36.2 Å². The molecule has 1 saturated heterocycles. The van der Waals surface area contributed by atoms with Gasteiger partial charge in [0.05, 0.1) is 5.69 Å². The van der Waals surface area contributed by atoms with E-state index in [-0.39, 0.29) is 11.9 Å². The van der Waals surface area contributed by atoms with Crippen LogP contribution in [0.5, 0.6) is 0 Å². The lowest BCUT2D eigenvalue weighted by atomic mass is 10.2. The van der Waals surface area contributed by atoms with Gasteiger partial charge in [0.2, 0.25) is 0 Å². The zero-order valence-electron chi connectivity index (χ0n) is 12.5. The minimum atomic E-state index is -0.00136. The maximum Gasteiger partial charge on any atom is 0.274 e. The zero-order chi connectivity index (χ0) is 15.5. The number of aromatic nitrogens is 2. The van der Waals surface area contributed by atoms with Crippen LogP contribution in [-0.4, -0.2) is 46.8 Å². The Kier molecular flexibility index (Phi) is 4.45. The van der Waals surface area contributed by atoms with Crippen molar-refractivity contribution in [3.63, 3.8) is 0 Å². The summed E-state index contributed by atoms with van der Waals surface area (Å²) in [5.41, 5.74) is 1.32. The summed E-state index contributed by atoms with van der Waals surface area (Å²) in [5.74, 6) is -0.00136. The monoisotopic (exact) mass is 318 g/mol. The molecule has 2 heterocycles. The van der Waals surface area contributed by atoms with Crippen molar-refractivity contribution in [2.75, 3.05) is 20.1 Å². The molecule has 1 aliphatic heterocycles. The van der Waals surface area contributed by atoms with Crippen LogP contribution < -0.4 is 5.32 Å². The predicted octanol–water partition coefficient (Wildman–Crippen LogP) is 2.35. The number of nitrogens with zero attached hydrogens (tertiary/aromatic N) is 3. The SMILES string of the molecule is CNCC1CCCN1C(=O)c1ccn(-c2cccc(Cl)c2)n1. The maximum atomic E-state index is 12.6. The molecule has 2 aromatic rings. The van der Waals surface area contributed by atoms with E-state index in [9.17, 15) is 4.79 Å². The molecule has 1 aromatic carbocycles. The lowest BCUT2D eigenvalue weighted by Gasteiger charge is -2.23. The van der Waals surface area contributed by atoms with Crippen molar-refractivity contribution in [1.82, 2.24) is 20.0 Å². The first-order valence-corrected chi connectivity index (χ1v) is 7.84. The number of nitrogens with one attached hydrogen (secondary N) is 1. The molecule has 5 nitrogen and oxygen atoms in total. The number of likely N-dealkylation sites (N-methyl/N-ethyl adjacent to an activating group) is 1. The third kappa shape index (κ3) is 3.00. The van der Waals surface area contributed by atoms with E-state index in [0.29, 0.717) is 10.7 Å². The van der Waals surface area contributed by atoms with Crippen molar-refractivity contribution >= 4 is 17.5 Å². The number of carbonyl (C=O) groups excluding carboxylic acids is 1. The molecule has 1 amide bonds. The lowest BCUT2D eigenvalue weighted by Crippen LogP contribution is -2.41. The van der Waals surface area contributed by atoms with Gasteiger partial charge in [-0.3, -0.25) is 4.79 Å². The van der Waals surface area contributed by atoms with E-state index in [2.05, 4.69) is 10.4 Å². The number of likely N-dealkylation sites (tertiary alicyclic amines) is 1. The summed E-state index contributed by atoms with van der Waals surface area (Å²) < 4.78 is 1.68. The van der Waals surface area contributed by atoms with Crippen LogP contribution >= 0.6 is 11.6 Å². The van der Waals surface area contributed by atoms with Crippen molar-refractivity contribution in [2.24, 2.45) is 0 Å². The largest absolute Gasteiger partial charge is 0.333 e. The van der Waals surface area contributed by atoms with E-state index in [4.69, 9.17) is 11.6 Å². The molecule has 116 valence electrons. The smallest absolute Gasteiger partial charge is 0.274 e. The van der Waals surface area contributed by atoms with Gasteiger partial charge in [-0.15, -0.1) is 0 Å². The molecule has 22 heavy (non-hydrogen) atoms. The summed E-state index contributed by atoms with van der Waals surface area (Å²) >= 11 is 6.00. The quantitative estimate of drug-likeness (QED) is 0.941. The molecule has 1 N–H and O–H groups in total. The highest BCUT2D eigenvalue weighted by molar-refractivity contribution is 6.30. The standard InChI is InChI=1S/C16H19ClN4O/c1-18-11-14-6-3-8-20(14)16(22)15-7-9-21(19-15)13-5-2-4-12(17)10-13/h2,4-5,7,9-10,14,18H,3,6,8,11H2,1H3. The van der Waals surface area contributed by atoms with Crippen LogP contribution in [0.1, 0.15) is 23.3 Å². The van der Waals surface area contributed by atoms with Crippen LogP contribution in [0.15, 0.2) is 36.5 Å².